The molecule has 3 fully saturated rings. The van der Waals surface area contributed by atoms with Gasteiger partial charge in [-0.05, 0) is 55.5 Å². The predicted octanol–water partition coefficient (Wildman–Crippen LogP) is 3.86. The van der Waals surface area contributed by atoms with Gasteiger partial charge in [0, 0.05) is 57.5 Å². The van der Waals surface area contributed by atoms with Crippen LogP contribution in [0.2, 0.25) is 0 Å². The Morgan fingerprint density at radius 3 is 2.68 bits per heavy atom. The van der Waals surface area contributed by atoms with E-state index in [0.29, 0.717) is 24.5 Å². The Bertz CT molecular complexity index is 1250. The molecule has 1 N–H and O–H groups in total. The number of nitrogens with one attached hydrogen (secondary N) is 1. The molecular formula is C27H37N7O3S. The summed E-state index contributed by atoms with van der Waals surface area (Å²) in [5, 5.41) is 11.7. The zero-order chi connectivity index (χ0) is 26.1. The molecule has 1 saturated carbocycles. The van der Waals surface area contributed by atoms with Crippen molar-refractivity contribution in [3.8, 4) is 0 Å². The highest BCUT2D eigenvalue weighted by Gasteiger charge is 2.30. The number of methoxy groups -OCH3 is 1. The second-order valence-corrected chi connectivity index (χ2v) is 11.6. The van der Waals surface area contributed by atoms with Crippen LogP contribution in [0.4, 0.5) is 10.6 Å². The van der Waals surface area contributed by atoms with Gasteiger partial charge in [-0.3, -0.25) is 9.58 Å². The quantitative estimate of drug-likeness (QED) is 0.505. The molecule has 5 heterocycles. The Kier molecular flexibility index (Phi) is 7.49. The topological polar surface area (TPSA) is 97.6 Å². The average Bonchev–Trinajstić information content (AvgIpc) is 3.71. The van der Waals surface area contributed by atoms with Crippen LogP contribution in [-0.4, -0.2) is 94.2 Å². The smallest absolute Gasteiger partial charge is 0.409 e. The number of ether oxygens (including phenoxy) is 2. The summed E-state index contributed by atoms with van der Waals surface area (Å²) in [6.07, 6.45) is 10.1. The molecule has 10 nitrogen and oxygen atoms in total. The molecule has 0 radical (unpaired) electrons. The van der Waals surface area contributed by atoms with Crippen LogP contribution in [0.5, 0.6) is 0 Å². The predicted molar refractivity (Wildman–Crippen MR) is 147 cm³/mol. The molecule has 1 unspecified atom stereocenters. The Labute approximate surface area is 227 Å². The zero-order valence-electron chi connectivity index (χ0n) is 22.3. The summed E-state index contributed by atoms with van der Waals surface area (Å²) in [4.78, 5) is 27.2. The van der Waals surface area contributed by atoms with E-state index in [1.165, 1.54) is 12.7 Å². The van der Waals surface area contributed by atoms with Crippen LogP contribution in [0, 0.1) is 6.92 Å². The summed E-state index contributed by atoms with van der Waals surface area (Å²) >= 11 is 1.69. The Morgan fingerprint density at radius 2 is 1.95 bits per heavy atom. The van der Waals surface area contributed by atoms with Crippen LogP contribution >= 0.6 is 11.3 Å². The molecule has 38 heavy (non-hydrogen) atoms. The molecule has 3 aromatic heterocycles. The SMILES string of the molecule is COC(=O)N1CCN(C2CCC(Nc3nc(Cc4cnn(C5CCOC5)c4)nc4scc(C)c34)CC2)CC1. The zero-order valence-corrected chi connectivity index (χ0v) is 23.1. The lowest BCUT2D eigenvalue weighted by Crippen LogP contribution is -2.53. The maximum absolute atomic E-state index is 11.8. The normalized spacial score (nSPS) is 24.7. The number of carbonyl (C=O) groups is 1. The molecule has 1 aliphatic carbocycles. The number of hydrogen-bond donors (Lipinski definition) is 1. The van der Waals surface area contributed by atoms with Gasteiger partial charge in [0.2, 0.25) is 0 Å². The van der Waals surface area contributed by atoms with Gasteiger partial charge < -0.3 is 19.7 Å². The standard InChI is InChI=1S/C27H37N7O3S/c1-18-17-38-26-24(18)25(30-23(31-26)13-19-14-28-34(15-19)22-7-12-37-16-22)29-20-3-5-21(6-4-20)32-8-10-33(11-9-32)27(35)36-2/h14-15,17,20-22H,3-13,16H2,1-2H3,(H,29,30,31). The van der Waals surface area contributed by atoms with Crippen molar-refractivity contribution in [1.29, 1.82) is 0 Å². The molecule has 1 atom stereocenters. The molecule has 3 aromatic rings. The first-order valence-corrected chi connectivity index (χ1v) is 14.6. The molecule has 0 bridgehead atoms. The number of anilines is 1. The molecule has 0 aromatic carbocycles. The van der Waals surface area contributed by atoms with Gasteiger partial charge in [0.05, 0.1) is 31.3 Å². The minimum absolute atomic E-state index is 0.214. The summed E-state index contributed by atoms with van der Waals surface area (Å²) in [6.45, 7) is 7.02. The summed E-state index contributed by atoms with van der Waals surface area (Å²) < 4.78 is 12.4. The van der Waals surface area contributed by atoms with E-state index >= 15 is 0 Å². The van der Waals surface area contributed by atoms with E-state index in [1.54, 1.807) is 16.2 Å². The van der Waals surface area contributed by atoms with Crippen molar-refractivity contribution < 1.29 is 14.3 Å². The van der Waals surface area contributed by atoms with E-state index in [9.17, 15) is 4.79 Å². The largest absolute Gasteiger partial charge is 0.453 e. The summed E-state index contributed by atoms with van der Waals surface area (Å²) in [6, 6.07) is 1.31. The monoisotopic (exact) mass is 539 g/mol. The lowest BCUT2D eigenvalue weighted by Gasteiger charge is -2.41. The Balaban J connectivity index is 1.10. The third kappa shape index (κ3) is 5.37. The van der Waals surface area contributed by atoms with Crippen molar-refractivity contribution in [2.24, 2.45) is 0 Å². The van der Waals surface area contributed by atoms with Gasteiger partial charge >= 0.3 is 6.09 Å². The number of aryl methyl sites for hydroxylation is 1. The van der Waals surface area contributed by atoms with Crippen molar-refractivity contribution in [2.45, 2.75) is 63.6 Å². The van der Waals surface area contributed by atoms with E-state index in [4.69, 9.17) is 19.4 Å². The number of hydrogen-bond acceptors (Lipinski definition) is 9. The fraction of sp³-hybridized carbons (Fsp3) is 0.630. The van der Waals surface area contributed by atoms with Crippen molar-refractivity contribution in [3.05, 3.63) is 34.7 Å². The van der Waals surface area contributed by atoms with Crippen molar-refractivity contribution in [1.82, 2.24) is 29.5 Å². The number of rotatable bonds is 6. The number of thiophene rings is 1. The van der Waals surface area contributed by atoms with Crippen LogP contribution in [0.25, 0.3) is 10.2 Å². The highest BCUT2D eigenvalue weighted by Crippen LogP contribution is 2.33. The number of amides is 1. The van der Waals surface area contributed by atoms with Gasteiger partial charge in [-0.2, -0.15) is 5.10 Å². The fourth-order valence-corrected chi connectivity index (χ4v) is 7.01. The highest BCUT2D eigenvalue weighted by molar-refractivity contribution is 7.17. The lowest BCUT2D eigenvalue weighted by molar-refractivity contribution is 0.0642. The van der Waals surface area contributed by atoms with E-state index in [0.717, 1.165) is 98.9 Å². The fourth-order valence-electron chi connectivity index (χ4n) is 6.07. The third-order valence-electron chi connectivity index (χ3n) is 8.26. The highest BCUT2D eigenvalue weighted by atomic mass is 32.1. The minimum atomic E-state index is -0.214. The van der Waals surface area contributed by atoms with Gasteiger partial charge in [-0.25, -0.2) is 14.8 Å². The number of aromatic nitrogens is 4. The van der Waals surface area contributed by atoms with E-state index < -0.39 is 0 Å². The number of piperazine rings is 1. The molecule has 11 heteroatoms. The molecular weight excluding hydrogens is 502 g/mol. The lowest BCUT2D eigenvalue weighted by atomic mass is 9.89. The summed E-state index contributed by atoms with van der Waals surface area (Å²) in [5.41, 5.74) is 2.36. The van der Waals surface area contributed by atoms with Gasteiger partial charge in [-0.1, -0.05) is 0 Å². The summed E-state index contributed by atoms with van der Waals surface area (Å²) in [5.74, 6) is 1.80. The van der Waals surface area contributed by atoms with Crippen LogP contribution in [0.3, 0.4) is 0 Å². The third-order valence-corrected chi connectivity index (χ3v) is 9.25. The van der Waals surface area contributed by atoms with Crippen molar-refractivity contribution >= 4 is 33.5 Å². The number of nitrogens with zero attached hydrogens (tertiary/aromatic N) is 6. The first-order valence-electron chi connectivity index (χ1n) is 13.8. The minimum Gasteiger partial charge on any atom is -0.453 e. The molecule has 6 rings (SSSR count). The average molecular weight is 540 g/mol. The molecule has 0 spiro atoms. The second kappa shape index (κ2) is 11.2. The van der Waals surface area contributed by atoms with Crippen LogP contribution in [0.15, 0.2) is 17.8 Å². The van der Waals surface area contributed by atoms with E-state index in [2.05, 4.69) is 33.8 Å². The molecule has 1 amide bonds. The number of fused-ring (bicyclic) bond motifs is 1. The van der Waals surface area contributed by atoms with Gasteiger partial charge in [-0.15, -0.1) is 11.3 Å². The van der Waals surface area contributed by atoms with Crippen LogP contribution < -0.4 is 5.32 Å². The second-order valence-electron chi connectivity index (χ2n) is 10.8. The molecule has 3 aliphatic rings. The Hall–Kier alpha value is -2.76. The first kappa shape index (κ1) is 25.5. The maximum Gasteiger partial charge on any atom is 0.409 e. The van der Waals surface area contributed by atoms with Crippen molar-refractivity contribution in [2.75, 3.05) is 51.8 Å². The van der Waals surface area contributed by atoms with Crippen LogP contribution in [0.1, 0.15) is 55.1 Å². The first-order chi connectivity index (χ1) is 18.6. The van der Waals surface area contributed by atoms with Gasteiger partial charge in [0.1, 0.15) is 16.5 Å². The van der Waals surface area contributed by atoms with Crippen LogP contribution in [-0.2, 0) is 15.9 Å². The molecule has 2 saturated heterocycles. The maximum atomic E-state index is 11.8. The molecule has 2 aliphatic heterocycles. The van der Waals surface area contributed by atoms with Gasteiger partial charge in [0.15, 0.2) is 0 Å². The van der Waals surface area contributed by atoms with E-state index in [1.807, 2.05) is 10.9 Å². The molecule has 204 valence electrons. The van der Waals surface area contributed by atoms with Crippen molar-refractivity contribution in [3.63, 3.8) is 0 Å². The Morgan fingerprint density at radius 1 is 1.13 bits per heavy atom. The number of carbonyl (C=O) groups excluding carboxylic acids is 1. The van der Waals surface area contributed by atoms with E-state index in [-0.39, 0.29) is 6.09 Å². The van der Waals surface area contributed by atoms with Gasteiger partial charge in [0.25, 0.3) is 0 Å². The summed E-state index contributed by atoms with van der Waals surface area (Å²) in [7, 11) is 1.45.